The molecule has 1 N–H and O–H groups in total. The zero-order valence-corrected chi connectivity index (χ0v) is 13.2. The quantitative estimate of drug-likeness (QED) is 0.869. The minimum atomic E-state index is -0.337. The Labute approximate surface area is 123 Å². The monoisotopic (exact) mass is 307 g/mol. The summed E-state index contributed by atoms with van der Waals surface area (Å²) in [4.78, 5) is 1.98. The molecule has 0 aliphatic rings. The third-order valence-electron chi connectivity index (χ3n) is 2.61. The topological polar surface area (TPSA) is 23.5 Å². The lowest BCUT2D eigenvalue weighted by Crippen LogP contribution is -2.32. The standard InChI is InChI=1S/C13H19Cl2NOS/c1-9(13(17)7-16(2)3)18-8-10-4-5-11(14)6-12(10)15/h4-6,9,13,17H,7-8H2,1-3H3. The minimum Gasteiger partial charge on any atom is -0.391 e. The van der Waals surface area contributed by atoms with E-state index in [-0.39, 0.29) is 11.4 Å². The molecule has 0 saturated carbocycles. The molecule has 0 saturated heterocycles. The number of halogens is 2. The van der Waals surface area contributed by atoms with Crippen LogP contribution in [0.15, 0.2) is 18.2 Å². The Kier molecular flexibility index (Phi) is 6.82. The Morgan fingerprint density at radius 1 is 1.33 bits per heavy atom. The van der Waals surface area contributed by atoms with Crippen molar-refractivity contribution in [1.29, 1.82) is 0 Å². The number of likely N-dealkylation sites (N-methyl/N-ethyl adjacent to an activating group) is 1. The Morgan fingerprint density at radius 3 is 2.56 bits per heavy atom. The van der Waals surface area contributed by atoms with Gasteiger partial charge >= 0.3 is 0 Å². The van der Waals surface area contributed by atoms with E-state index >= 15 is 0 Å². The molecule has 1 rings (SSSR count). The summed E-state index contributed by atoms with van der Waals surface area (Å²) in [6, 6.07) is 5.52. The van der Waals surface area contributed by atoms with Crippen molar-refractivity contribution in [3.63, 3.8) is 0 Å². The maximum absolute atomic E-state index is 9.96. The number of nitrogens with zero attached hydrogens (tertiary/aromatic N) is 1. The number of aliphatic hydroxyl groups is 1. The molecule has 0 aliphatic carbocycles. The average Bonchev–Trinajstić information content (AvgIpc) is 2.26. The molecule has 2 atom stereocenters. The van der Waals surface area contributed by atoms with Crippen molar-refractivity contribution in [3.05, 3.63) is 33.8 Å². The molecular formula is C13H19Cl2NOS. The fourth-order valence-electron chi connectivity index (χ4n) is 1.49. The number of benzene rings is 1. The van der Waals surface area contributed by atoms with Crippen molar-refractivity contribution in [2.24, 2.45) is 0 Å². The summed E-state index contributed by atoms with van der Waals surface area (Å²) in [6.45, 7) is 2.70. The van der Waals surface area contributed by atoms with Crippen LogP contribution >= 0.6 is 35.0 Å². The van der Waals surface area contributed by atoms with Crippen LogP contribution in [0.2, 0.25) is 10.0 Å². The van der Waals surface area contributed by atoms with Gasteiger partial charge in [-0.2, -0.15) is 11.8 Å². The van der Waals surface area contributed by atoms with Crippen LogP contribution in [-0.4, -0.2) is 42.0 Å². The van der Waals surface area contributed by atoms with E-state index in [1.54, 1.807) is 17.8 Å². The fraction of sp³-hybridized carbons (Fsp3) is 0.538. The predicted octanol–water partition coefficient (Wildman–Crippen LogP) is 3.54. The van der Waals surface area contributed by atoms with Crippen LogP contribution in [0.5, 0.6) is 0 Å². The van der Waals surface area contributed by atoms with Crippen molar-refractivity contribution in [2.45, 2.75) is 24.0 Å². The summed E-state index contributed by atoms with van der Waals surface area (Å²) >= 11 is 13.7. The molecule has 102 valence electrons. The highest BCUT2D eigenvalue weighted by atomic mass is 35.5. The molecule has 0 heterocycles. The molecule has 5 heteroatoms. The second kappa shape index (κ2) is 7.61. The zero-order valence-electron chi connectivity index (χ0n) is 10.9. The van der Waals surface area contributed by atoms with Crippen LogP contribution in [-0.2, 0) is 5.75 Å². The summed E-state index contributed by atoms with van der Waals surface area (Å²) in [5.74, 6) is 0.779. The highest BCUT2D eigenvalue weighted by Crippen LogP contribution is 2.27. The van der Waals surface area contributed by atoms with Gasteiger partial charge < -0.3 is 10.0 Å². The summed E-state index contributed by atoms with van der Waals surface area (Å²) in [6.07, 6.45) is -0.337. The number of aliphatic hydroxyl groups excluding tert-OH is 1. The van der Waals surface area contributed by atoms with E-state index in [1.807, 2.05) is 38.1 Å². The molecule has 0 aromatic heterocycles. The summed E-state index contributed by atoms with van der Waals surface area (Å²) in [5, 5.41) is 11.5. The van der Waals surface area contributed by atoms with Crippen LogP contribution in [0.1, 0.15) is 12.5 Å². The van der Waals surface area contributed by atoms with Gasteiger partial charge in [0.2, 0.25) is 0 Å². The van der Waals surface area contributed by atoms with Gasteiger partial charge in [-0.3, -0.25) is 0 Å². The highest BCUT2D eigenvalue weighted by molar-refractivity contribution is 7.99. The molecular weight excluding hydrogens is 289 g/mol. The van der Waals surface area contributed by atoms with E-state index in [0.29, 0.717) is 16.6 Å². The number of thioether (sulfide) groups is 1. The highest BCUT2D eigenvalue weighted by Gasteiger charge is 2.16. The van der Waals surface area contributed by atoms with E-state index < -0.39 is 0 Å². The van der Waals surface area contributed by atoms with E-state index in [4.69, 9.17) is 23.2 Å². The molecule has 1 aromatic rings. The van der Waals surface area contributed by atoms with Crippen LogP contribution in [0.4, 0.5) is 0 Å². The van der Waals surface area contributed by atoms with E-state index in [9.17, 15) is 5.11 Å². The Bertz CT molecular complexity index is 387. The predicted molar refractivity (Wildman–Crippen MR) is 81.8 cm³/mol. The van der Waals surface area contributed by atoms with Crippen molar-refractivity contribution in [3.8, 4) is 0 Å². The molecule has 0 amide bonds. The van der Waals surface area contributed by atoms with Gasteiger partial charge in [0.05, 0.1) is 6.10 Å². The molecule has 1 aromatic carbocycles. The van der Waals surface area contributed by atoms with Gasteiger partial charge in [-0.1, -0.05) is 36.2 Å². The summed E-state index contributed by atoms with van der Waals surface area (Å²) < 4.78 is 0. The molecule has 0 bridgehead atoms. The van der Waals surface area contributed by atoms with Crippen LogP contribution in [0, 0.1) is 0 Å². The van der Waals surface area contributed by atoms with Crippen LogP contribution in [0.25, 0.3) is 0 Å². The smallest absolute Gasteiger partial charge is 0.0782 e. The number of rotatable bonds is 6. The maximum atomic E-state index is 9.96. The maximum Gasteiger partial charge on any atom is 0.0782 e. The molecule has 0 fully saturated rings. The third-order valence-corrected chi connectivity index (χ3v) is 4.52. The van der Waals surface area contributed by atoms with Gasteiger partial charge in [-0.15, -0.1) is 0 Å². The summed E-state index contributed by atoms with van der Waals surface area (Å²) in [5.41, 5.74) is 1.05. The van der Waals surface area contributed by atoms with E-state index in [0.717, 1.165) is 11.3 Å². The molecule has 2 unspecified atom stereocenters. The Balaban J connectivity index is 2.49. The average molecular weight is 308 g/mol. The largest absolute Gasteiger partial charge is 0.391 e. The van der Waals surface area contributed by atoms with Gasteiger partial charge in [0, 0.05) is 27.6 Å². The van der Waals surface area contributed by atoms with Gasteiger partial charge in [0.25, 0.3) is 0 Å². The van der Waals surface area contributed by atoms with E-state index in [2.05, 4.69) is 0 Å². The van der Waals surface area contributed by atoms with Gasteiger partial charge in [0.15, 0.2) is 0 Å². The lowest BCUT2D eigenvalue weighted by molar-refractivity contribution is 0.138. The van der Waals surface area contributed by atoms with Gasteiger partial charge in [-0.25, -0.2) is 0 Å². The van der Waals surface area contributed by atoms with Gasteiger partial charge in [0.1, 0.15) is 0 Å². The van der Waals surface area contributed by atoms with Crippen molar-refractivity contribution in [2.75, 3.05) is 20.6 Å². The minimum absolute atomic E-state index is 0.166. The first-order valence-electron chi connectivity index (χ1n) is 5.78. The lowest BCUT2D eigenvalue weighted by atomic mass is 10.2. The van der Waals surface area contributed by atoms with Gasteiger partial charge in [-0.05, 0) is 31.8 Å². The van der Waals surface area contributed by atoms with Crippen LogP contribution in [0.3, 0.4) is 0 Å². The fourth-order valence-corrected chi connectivity index (χ4v) is 3.05. The second-order valence-corrected chi connectivity index (χ2v) is 6.79. The van der Waals surface area contributed by atoms with Crippen molar-refractivity contribution < 1.29 is 5.11 Å². The number of hydrogen-bond donors (Lipinski definition) is 1. The SMILES string of the molecule is CC(SCc1ccc(Cl)cc1Cl)C(O)CN(C)C. The Hall–Kier alpha value is 0.0700. The number of hydrogen-bond acceptors (Lipinski definition) is 3. The third kappa shape index (κ3) is 5.37. The summed E-state index contributed by atoms with van der Waals surface area (Å²) in [7, 11) is 3.91. The normalized spacial score (nSPS) is 14.8. The van der Waals surface area contributed by atoms with Crippen molar-refractivity contribution >= 4 is 35.0 Å². The second-order valence-electron chi connectivity index (χ2n) is 4.58. The van der Waals surface area contributed by atoms with Crippen LogP contribution < -0.4 is 0 Å². The molecule has 2 nitrogen and oxygen atoms in total. The zero-order chi connectivity index (χ0) is 13.7. The lowest BCUT2D eigenvalue weighted by Gasteiger charge is -2.22. The first-order valence-corrected chi connectivity index (χ1v) is 7.59. The van der Waals surface area contributed by atoms with Crippen molar-refractivity contribution in [1.82, 2.24) is 4.90 Å². The molecule has 18 heavy (non-hydrogen) atoms. The first kappa shape index (κ1) is 16.1. The Morgan fingerprint density at radius 2 is 2.00 bits per heavy atom. The first-order chi connectivity index (χ1) is 8.40. The molecule has 0 radical (unpaired) electrons. The van der Waals surface area contributed by atoms with E-state index in [1.165, 1.54) is 0 Å². The molecule has 0 spiro atoms. The molecule has 0 aliphatic heterocycles.